The molecule has 28 heavy (non-hydrogen) atoms. The van der Waals surface area contributed by atoms with Crippen LogP contribution in [0.2, 0.25) is 5.15 Å². The highest BCUT2D eigenvalue weighted by molar-refractivity contribution is 6.32. The van der Waals surface area contributed by atoms with Crippen molar-refractivity contribution >= 4 is 45.4 Å². The number of hydrogen-bond acceptors (Lipinski definition) is 4. The number of halogens is 1. The highest BCUT2D eigenvalue weighted by Crippen LogP contribution is 2.21. The van der Waals surface area contributed by atoms with Gasteiger partial charge in [0.2, 0.25) is 0 Å². The van der Waals surface area contributed by atoms with Gasteiger partial charge < -0.3 is 4.74 Å². The molecule has 0 radical (unpaired) electrons. The largest absolute Gasteiger partial charge is 0.484 e. The van der Waals surface area contributed by atoms with Crippen molar-refractivity contribution in [1.82, 2.24) is 10.4 Å². The quantitative estimate of drug-likeness (QED) is 0.309. The van der Waals surface area contributed by atoms with Crippen LogP contribution in [0.3, 0.4) is 0 Å². The fraction of sp³-hybridized carbons (Fsp3) is 0.0455. The Labute approximate surface area is 166 Å². The van der Waals surface area contributed by atoms with E-state index in [1.807, 2.05) is 72.8 Å². The van der Waals surface area contributed by atoms with E-state index in [-0.39, 0.29) is 12.5 Å². The number of para-hydroxylation sites is 1. The van der Waals surface area contributed by atoms with E-state index in [2.05, 4.69) is 15.5 Å². The molecule has 0 bridgehead atoms. The number of hydrazone groups is 1. The Kier molecular flexibility index (Phi) is 5.17. The third-order valence-electron chi connectivity index (χ3n) is 4.19. The topological polar surface area (TPSA) is 63.6 Å². The van der Waals surface area contributed by atoms with Gasteiger partial charge in [0, 0.05) is 10.9 Å². The summed E-state index contributed by atoms with van der Waals surface area (Å²) in [5.74, 6) is 0.258. The minimum absolute atomic E-state index is 0.140. The van der Waals surface area contributed by atoms with Gasteiger partial charge in [-0.3, -0.25) is 4.79 Å². The summed E-state index contributed by atoms with van der Waals surface area (Å²) in [4.78, 5) is 16.3. The average molecular weight is 390 g/mol. The zero-order chi connectivity index (χ0) is 19.3. The van der Waals surface area contributed by atoms with Crippen LogP contribution in [0.15, 0.2) is 77.9 Å². The molecule has 4 rings (SSSR count). The van der Waals surface area contributed by atoms with E-state index >= 15 is 0 Å². The van der Waals surface area contributed by atoms with Crippen molar-refractivity contribution in [2.24, 2.45) is 5.10 Å². The van der Waals surface area contributed by atoms with Crippen LogP contribution in [0.25, 0.3) is 21.7 Å². The maximum absolute atomic E-state index is 12.0. The van der Waals surface area contributed by atoms with Crippen LogP contribution >= 0.6 is 11.6 Å². The van der Waals surface area contributed by atoms with Crippen LogP contribution < -0.4 is 10.2 Å². The number of carbonyl (C=O) groups is 1. The van der Waals surface area contributed by atoms with E-state index in [0.29, 0.717) is 16.5 Å². The standard InChI is InChI=1S/C22H16ClN3O2/c23-22-18(11-17-7-3-4-8-20(17)25-22)13-24-26-21(27)14-28-19-10-9-15-5-1-2-6-16(15)12-19/h1-13H,14H2,(H,26,27)/b24-13+. The molecule has 0 spiro atoms. The highest BCUT2D eigenvalue weighted by Gasteiger charge is 2.05. The number of fused-ring (bicyclic) bond motifs is 2. The van der Waals surface area contributed by atoms with Gasteiger partial charge in [0.05, 0.1) is 11.7 Å². The number of carbonyl (C=O) groups excluding carboxylic acids is 1. The van der Waals surface area contributed by atoms with Crippen molar-refractivity contribution in [2.75, 3.05) is 6.61 Å². The Morgan fingerprint density at radius 2 is 1.75 bits per heavy atom. The second kappa shape index (κ2) is 8.06. The molecule has 6 heteroatoms. The molecule has 0 aliphatic rings. The molecular weight excluding hydrogens is 374 g/mol. The second-order valence-electron chi connectivity index (χ2n) is 6.15. The molecule has 0 atom stereocenters. The zero-order valence-electron chi connectivity index (χ0n) is 14.8. The molecule has 0 saturated heterocycles. The van der Waals surface area contributed by atoms with Gasteiger partial charge >= 0.3 is 0 Å². The molecule has 0 aliphatic carbocycles. The molecule has 4 aromatic rings. The van der Waals surface area contributed by atoms with Crippen LogP contribution in [0.4, 0.5) is 0 Å². The zero-order valence-corrected chi connectivity index (χ0v) is 15.6. The predicted octanol–water partition coefficient (Wildman–Crippen LogP) is 4.57. The molecule has 138 valence electrons. The van der Waals surface area contributed by atoms with E-state index in [4.69, 9.17) is 16.3 Å². The van der Waals surface area contributed by atoms with Crippen molar-refractivity contribution in [3.8, 4) is 5.75 Å². The molecule has 0 saturated carbocycles. The lowest BCUT2D eigenvalue weighted by Gasteiger charge is -2.06. The van der Waals surface area contributed by atoms with E-state index in [1.165, 1.54) is 6.21 Å². The van der Waals surface area contributed by atoms with E-state index in [1.54, 1.807) is 0 Å². The van der Waals surface area contributed by atoms with Gasteiger partial charge in [-0.05, 0) is 35.0 Å². The van der Waals surface area contributed by atoms with E-state index < -0.39 is 0 Å². The number of benzene rings is 3. The summed E-state index contributed by atoms with van der Waals surface area (Å²) in [5.41, 5.74) is 3.86. The van der Waals surface area contributed by atoms with Crippen LogP contribution in [0.5, 0.6) is 5.75 Å². The van der Waals surface area contributed by atoms with Gasteiger partial charge in [0.1, 0.15) is 10.9 Å². The van der Waals surface area contributed by atoms with Crippen LogP contribution in [0.1, 0.15) is 5.56 Å². The lowest BCUT2D eigenvalue weighted by molar-refractivity contribution is -0.123. The van der Waals surface area contributed by atoms with Gasteiger partial charge in [-0.2, -0.15) is 5.10 Å². The number of nitrogens with zero attached hydrogens (tertiary/aromatic N) is 2. The SMILES string of the molecule is O=C(COc1ccc2ccccc2c1)N/N=C/c1cc2ccccc2nc1Cl. The third kappa shape index (κ3) is 4.10. The van der Waals surface area contributed by atoms with Crippen LogP contribution in [-0.4, -0.2) is 23.7 Å². The minimum Gasteiger partial charge on any atom is -0.484 e. The van der Waals surface area contributed by atoms with E-state index in [0.717, 1.165) is 21.7 Å². The number of amides is 1. The number of hydrogen-bond donors (Lipinski definition) is 1. The van der Waals surface area contributed by atoms with Crippen LogP contribution in [0, 0.1) is 0 Å². The lowest BCUT2D eigenvalue weighted by atomic mass is 10.1. The molecule has 1 amide bonds. The number of aromatic nitrogens is 1. The Balaban J connectivity index is 1.36. The van der Waals surface area contributed by atoms with Gasteiger partial charge in [-0.25, -0.2) is 10.4 Å². The maximum atomic E-state index is 12.0. The number of nitrogens with one attached hydrogen (secondary N) is 1. The number of ether oxygens (including phenoxy) is 1. The van der Waals surface area contributed by atoms with Gasteiger partial charge in [0.25, 0.3) is 5.91 Å². The Bertz CT molecular complexity index is 1190. The van der Waals surface area contributed by atoms with Gasteiger partial charge in [-0.15, -0.1) is 0 Å². The van der Waals surface area contributed by atoms with Crippen molar-refractivity contribution in [1.29, 1.82) is 0 Å². The minimum atomic E-state index is -0.366. The van der Waals surface area contributed by atoms with Crippen molar-refractivity contribution < 1.29 is 9.53 Å². The molecule has 5 nitrogen and oxygen atoms in total. The molecule has 0 unspecified atom stereocenters. The first-order valence-electron chi connectivity index (χ1n) is 8.68. The number of rotatable bonds is 5. The summed E-state index contributed by atoms with van der Waals surface area (Å²) in [7, 11) is 0. The Hall–Kier alpha value is -3.44. The Morgan fingerprint density at radius 1 is 1.00 bits per heavy atom. The molecule has 0 aliphatic heterocycles. The summed E-state index contributed by atoms with van der Waals surface area (Å²) in [6.45, 7) is -0.140. The normalized spacial score (nSPS) is 11.2. The predicted molar refractivity (Wildman–Crippen MR) is 112 cm³/mol. The van der Waals surface area contributed by atoms with Crippen LogP contribution in [-0.2, 0) is 4.79 Å². The van der Waals surface area contributed by atoms with Crippen molar-refractivity contribution in [3.05, 3.63) is 83.5 Å². The molecule has 1 aromatic heterocycles. The lowest BCUT2D eigenvalue weighted by Crippen LogP contribution is -2.24. The monoisotopic (exact) mass is 389 g/mol. The first-order valence-corrected chi connectivity index (χ1v) is 9.06. The van der Waals surface area contributed by atoms with Crippen molar-refractivity contribution in [3.63, 3.8) is 0 Å². The smallest absolute Gasteiger partial charge is 0.277 e. The summed E-state index contributed by atoms with van der Waals surface area (Å²) in [5, 5.41) is 7.38. The molecule has 0 fully saturated rings. The summed E-state index contributed by atoms with van der Waals surface area (Å²) >= 11 is 6.17. The van der Waals surface area contributed by atoms with E-state index in [9.17, 15) is 4.79 Å². The fourth-order valence-electron chi connectivity index (χ4n) is 2.81. The second-order valence-corrected chi connectivity index (χ2v) is 6.51. The van der Waals surface area contributed by atoms with Crippen molar-refractivity contribution in [2.45, 2.75) is 0 Å². The summed E-state index contributed by atoms with van der Waals surface area (Å²) in [6.07, 6.45) is 1.47. The molecule has 1 N–H and O–H groups in total. The maximum Gasteiger partial charge on any atom is 0.277 e. The number of pyridine rings is 1. The average Bonchev–Trinajstić information content (AvgIpc) is 2.72. The molecular formula is C22H16ClN3O2. The molecule has 1 heterocycles. The first-order chi connectivity index (χ1) is 13.7. The van der Waals surface area contributed by atoms with Gasteiger partial charge in [-0.1, -0.05) is 60.1 Å². The summed E-state index contributed by atoms with van der Waals surface area (Å²) < 4.78 is 5.54. The summed E-state index contributed by atoms with van der Waals surface area (Å²) in [6, 6.07) is 23.1. The van der Waals surface area contributed by atoms with Gasteiger partial charge in [0.15, 0.2) is 6.61 Å². The molecule has 3 aromatic carbocycles. The fourth-order valence-corrected chi connectivity index (χ4v) is 3.01. The third-order valence-corrected chi connectivity index (χ3v) is 4.49. The highest BCUT2D eigenvalue weighted by atomic mass is 35.5. The Morgan fingerprint density at radius 3 is 2.61 bits per heavy atom. The first kappa shape index (κ1) is 17.9.